The SMILES string of the molecule is C=C(Nc1c(C(C)C)cccc1C(C)C)c1cccc(-c2c(C)cccc2C)n1. The van der Waals surface area contributed by atoms with E-state index < -0.39 is 0 Å². The summed E-state index contributed by atoms with van der Waals surface area (Å²) in [6.45, 7) is 17.5. The minimum absolute atomic E-state index is 0.429. The van der Waals surface area contributed by atoms with Gasteiger partial charge in [0.25, 0.3) is 0 Å². The first-order valence-electron chi connectivity index (χ1n) is 10.4. The third kappa shape index (κ3) is 4.42. The van der Waals surface area contributed by atoms with Crippen LogP contribution in [0.25, 0.3) is 17.0 Å². The van der Waals surface area contributed by atoms with Gasteiger partial charge in [0.1, 0.15) is 0 Å². The number of hydrogen-bond donors (Lipinski definition) is 1. The summed E-state index contributed by atoms with van der Waals surface area (Å²) in [5, 5.41) is 3.61. The topological polar surface area (TPSA) is 24.9 Å². The van der Waals surface area contributed by atoms with Crippen LogP contribution in [0.5, 0.6) is 0 Å². The van der Waals surface area contributed by atoms with Crippen molar-refractivity contribution >= 4 is 11.4 Å². The molecule has 0 aliphatic heterocycles. The highest BCUT2D eigenvalue weighted by Crippen LogP contribution is 2.34. The Morgan fingerprint density at radius 1 is 0.793 bits per heavy atom. The molecule has 3 aromatic rings. The van der Waals surface area contributed by atoms with E-state index in [1.807, 2.05) is 6.07 Å². The number of aryl methyl sites for hydroxylation is 2. The number of rotatable bonds is 6. The Morgan fingerprint density at radius 3 is 1.86 bits per heavy atom. The van der Waals surface area contributed by atoms with Crippen molar-refractivity contribution in [1.82, 2.24) is 4.98 Å². The Bertz CT molecular complexity index is 982. The van der Waals surface area contributed by atoms with E-state index in [4.69, 9.17) is 4.98 Å². The summed E-state index contributed by atoms with van der Waals surface area (Å²) in [5.41, 5.74) is 10.1. The quantitative estimate of drug-likeness (QED) is 0.471. The van der Waals surface area contributed by atoms with Gasteiger partial charge < -0.3 is 5.32 Å². The van der Waals surface area contributed by atoms with Crippen molar-refractivity contribution in [3.05, 3.63) is 89.1 Å². The monoisotopic (exact) mass is 384 g/mol. The second-order valence-electron chi connectivity index (χ2n) is 8.40. The molecule has 2 aromatic carbocycles. The van der Waals surface area contributed by atoms with E-state index >= 15 is 0 Å². The molecule has 0 radical (unpaired) electrons. The highest BCUT2D eigenvalue weighted by molar-refractivity contribution is 5.79. The number of aromatic nitrogens is 1. The molecule has 0 aliphatic rings. The lowest BCUT2D eigenvalue weighted by Gasteiger charge is -2.22. The van der Waals surface area contributed by atoms with E-state index in [1.165, 1.54) is 33.5 Å². The molecule has 0 amide bonds. The van der Waals surface area contributed by atoms with E-state index in [1.54, 1.807) is 0 Å². The van der Waals surface area contributed by atoms with Crippen molar-refractivity contribution in [2.75, 3.05) is 5.32 Å². The summed E-state index contributed by atoms with van der Waals surface area (Å²) in [6.07, 6.45) is 0. The van der Waals surface area contributed by atoms with E-state index in [0.717, 1.165) is 17.1 Å². The van der Waals surface area contributed by atoms with Crippen molar-refractivity contribution in [3.8, 4) is 11.3 Å². The molecule has 0 saturated carbocycles. The van der Waals surface area contributed by atoms with E-state index in [9.17, 15) is 0 Å². The normalized spacial score (nSPS) is 11.2. The highest BCUT2D eigenvalue weighted by Gasteiger charge is 2.15. The van der Waals surface area contributed by atoms with Gasteiger partial charge in [-0.3, -0.25) is 0 Å². The summed E-state index contributed by atoms with van der Waals surface area (Å²) in [5.74, 6) is 0.857. The number of nitrogens with zero attached hydrogens (tertiary/aromatic N) is 1. The molecule has 0 atom stereocenters. The van der Waals surface area contributed by atoms with Crippen LogP contribution >= 0.6 is 0 Å². The maximum Gasteiger partial charge on any atom is 0.0865 e. The summed E-state index contributed by atoms with van der Waals surface area (Å²) < 4.78 is 0. The van der Waals surface area contributed by atoms with E-state index in [-0.39, 0.29) is 0 Å². The molecule has 0 saturated heterocycles. The van der Waals surface area contributed by atoms with E-state index in [0.29, 0.717) is 11.8 Å². The maximum atomic E-state index is 4.95. The first kappa shape index (κ1) is 20.9. The van der Waals surface area contributed by atoms with Gasteiger partial charge in [0, 0.05) is 11.3 Å². The van der Waals surface area contributed by atoms with Crippen LogP contribution < -0.4 is 5.32 Å². The van der Waals surface area contributed by atoms with Gasteiger partial charge in [0.05, 0.1) is 17.1 Å². The summed E-state index contributed by atoms with van der Waals surface area (Å²) in [4.78, 5) is 4.95. The third-order valence-electron chi connectivity index (χ3n) is 5.44. The molecule has 1 aromatic heterocycles. The van der Waals surface area contributed by atoms with Crippen LogP contribution in [0.2, 0.25) is 0 Å². The van der Waals surface area contributed by atoms with Crippen LogP contribution in [0.4, 0.5) is 5.69 Å². The number of anilines is 1. The van der Waals surface area contributed by atoms with Crippen molar-refractivity contribution < 1.29 is 0 Å². The second-order valence-corrected chi connectivity index (χ2v) is 8.40. The molecule has 2 heteroatoms. The molecule has 1 N–H and O–H groups in total. The Morgan fingerprint density at radius 2 is 1.31 bits per heavy atom. The lowest BCUT2D eigenvalue weighted by Crippen LogP contribution is -2.07. The highest BCUT2D eigenvalue weighted by atomic mass is 14.9. The second kappa shape index (κ2) is 8.65. The molecule has 150 valence electrons. The summed E-state index contributed by atoms with van der Waals surface area (Å²) in [7, 11) is 0. The van der Waals surface area contributed by atoms with Crippen molar-refractivity contribution in [1.29, 1.82) is 0 Å². The average Bonchev–Trinajstić information content (AvgIpc) is 2.68. The van der Waals surface area contributed by atoms with Gasteiger partial charge in [0.15, 0.2) is 0 Å². The zero-order valence-electron chi connectivity index (χ0n) is 18.5. The molecular formula is C27H32N2. The van der Waals surface area contributed by atoms with Gasteiger partial charge in [0.2, 0.25) is 0 Å². The minimum Gasteiger partial charge on any atom is -0.354 e. The van der Waals surface area contributed by atoms with Crippen LogP contribution in [-0.4, -0.2) is 4.98 Å². The largest absolute Gasteiger partial charge is 0.354 e. The van der Waals surface area contributed by atoms with Crippen LogP contribution in [-0.2, 0) is 0 Å². The standard InChI is InChI=1S/C27H32N2/c1-17(2)22-13-9-14-23(18(3)4)27(22)28-21(7)24-15-10-16-25(29-24)26-19(5)11-8-12-20(26)6/h8-18,28H,7H2,1-6H3. The third-order valence-corrected chi connectivity index (χ3v) is 5.44. The van der Waals surface area contributed by atoms with Crippen LogP contribution in [0.15, 0.2) is 61.2 Å². The Kier molecular flexibility index (Phi) is 6.22. The van der Waals surface area contributed by atoms with Crippen molar-refractivity contribution in [2.24, 2.45) is 0 Å². The van der Waals surface area contributed by atoms with Crippen molar-refractivity contribution in [2.45, 2.75) is 53.4 Å². The fourth-order valence-corrected chi connectivity index (χ4v) is 3.87. The van der Waals surface area contributed by atoms with Crippen LogP contribution in [0, 0.1) is 13.8 Å². The molecule has 0 unspecified atom stereocenters. The number of nitrogens with one attached hydrogen (secondary N) is 1. The number of hydrogen-bond acceptors (Lipinski definition) is 2. The summed E-state index contributed by atoms with van der Waals surface area (Å²) >= 11 is 0. The molecule has 1 heterocycles. The molecule has 3 rings (SSSR count). The smallest absolute Gasteiger partial charge is 0.0865 e. The van der Waals surface area contributed by atoms with Gasteiger partial charge >= 0.3 is 0 Å². The van der Waals surface area contributed by atoms with Crippen LogP contribution in [0.3, 0.4) is 0 Å². The molecular weight excluding hydrogens is 352 g/mol. The lowest BCUT2D eigenvalue weighted by molar-refractivity contribution is 0.838. The van der Waals surface area contributed by atoms with Gasteiger partial charge in [-0.25, -0.2) is 4.98 Å². The predicted molar refractivity (Wildman–Crippen MR) is 126 cm³/mol. The van der Waals surface area contributed by atoms with E-state index in [2.05, 4.69) is 102 Å². The molecule has 2 nitrogen and oxygen atoms in total. The Labute approximate surface area is 175 Å². The van der Waals surface area contributed by atoms with Crippen LogP contribution in [0.1, 0.15) is 67.5 Å². The zero-order chi connectivity index (χ0) is 21.1. The molecule has 0 bridgehead atoms. The van der Waals surface area contributed by atoms with Gasteiger partial charge in [-0.15, -0.1) is 0 Å². The Balaban J connectivity index is 2.00. The summed E-state index contributed by atoms with van der Waals surface area (Å²) in [6, 6.07) is 19.1. The predicted octanol–water partition coefficient (Wildman–Crippen LogP) is 7.70. The molecule has 29 heavy (non-hydrogen) atoms. The van der Waals surface area contributed by atoms with Crippen molar-refractivity contribution in [3.63, 3.8) is 0 Å². The number of benzene rings is 2. The molecule has 0 aliphatic carbocycles. The fourth-order valence-electron chi connectivity index (χ4n) is 3.87. The molecule has 0 fully saturated rings. The Hall–Kier alpha value is -2.87. The zero-order valence-corrected chi connectivity index (χ0v) is 18.5. The maximum absolute atomic E-state index is 4.95. The first-order chi connectivity index (χ1) is 13.8. The fraction of sp³-hybridized carbons (Fsp3) is 0.296. The molecule has 0 spiro atoms. The average molecular weight is 385 g/mol. The number of para-hydroxylation sites is 1. The number of pyridine rings is 1. The van der Waals surface area contributed by atoms with Gasteiger partial charge in [-0.1, -0.05) is 76.7 Å². The first-order valence-corrected chi connectivity index (χ1v) is 10.4. The lowest BCUT2D eigenvalue weighted by atomic mass is 9.92. The van der Waals surface area contributed by atoms with Gasteiger partial charge in [-0.05, 0) is 60.1 Å². The van der Waals surface area contributed by atoms with Gasteiger partial charge in [-0.2, -0.15) is 0 Å². The minimum atomic E-state index is 0.429.